The van der Waals surface area contributed by atoms with E-state index < -0.39 is 0 Å². The molecule has 1 saturated carbocycles. The highest BCUT2D eigenvalue weighted by molar-refractivity contribution is 5.92. The van der Waals surface area contributed by atoms with Crippen LogP contribution in [0.2, 0.25) is 0 Å². The maximum atomic E-state index is 12.7. The summed E-state index contributed by atoms with van der Waals surface area (Å²) in [5.74, 6) is 0.442. The highest BCUT2D eigenvalue weighted by Crippen LogP contribution is 2.40. The van der Waals surface area contributed by atoms with Gasteiger partial charge in [0.05, 0.1) is 24.6 Å². The molecular weight excluding hydrogens is 330 g/mol. The largest absolute Gasteiger partial charge is 0.467 e. The number of carbonyl (C=O) groups is 2. The van der Waals surface area contributed by atoms with Crippen LogP contribution in [0, 0.1) is 11.8 Å². The first-order valence-corrected chi connectivity index (χ1v) is 9.11. The van der Waals surface area contributed by atoms with Gasteiger partial charge in [-0.15, -0.1) is 0 Å². The van der Waals surface area contributed by atoms with Crippen molar-refractivity contribution in [1.82, 2.24) is 10.2 Å². The average Bonchev–Trinajstić information content (AvgIpc) is 3.33. The molecule has 2 unspecified atom stereocenters. The predicted molar refractivity (Wildman–Crippen MR) is 97.4 cm³/mol. The lowest BCUT2D eigenvalue weighted by Gasteiger charge is -2.36. The van der Waals surface area contributed by atoms with E-state index in [1.807, 2.05) is 29.2 Å². The lowest BCUT2D eigenvalue weighted by molar-refractivity contribution is -0.135. The van der Waals surface area contributed by atoms with E-state index in [1.54, 1.807) is 12.3 Å². The smallest absolute Gasteiger partial charge is 0.226 e. The number of furan rings is 1. The lowest BCUT2D eigenvalue weighted by atomic mass is 10.2. The topological polar surface area (TPSA) is 65.8 Å². The molecule has 6 heteroatoms. The van der Waals surface area contributed by atoms with Crippen molar-refractivity contribution in [2.24, 2.45) is 11.8 Å². The number of hydrogen-bond acceptors (Lipinski definition) is 4. The average molecular weight is 353 g/mol. The molecule has 1 aromatic heterocycles. The molecule has 2 amide bonds. The fraction of sp³-hybridized carbons (Fsp3) is 0.400. The zero-order valence-corrected chi connectivity index (χ0v) is 14.6. The highest BCUT2D eigenvalue weighted by Gasteiger charge is 2.49. The van der Waals surface area contributed by atoms with Crippen LogP contribution in [0.4, 0.5) is 5.69 Å². The Bertz CT molecular complexity index is 752. The first kappa shape index (κ1) is 16.7. The predicted octanol–water partition coefficient (Wildman–Crippen LogP) is 1.88. The standard InChI is InChI=1S/C20H23N3O3/c24-19(21-14-16-7-4-12-26-16)17-13-18(17)20(25)23-10-8-22(9-11-23)15-5-2-1-3-6-15/h1-7,12,17-18H,8-11,13-14H2,(H,21,24). The van der Waals surface area contributed by atoms with Crippen LogP contribution < -0.4 is 10.2 Å². The second-order valence-corrected chi connectivity index (χ2v) is 6.89. The minimum atomic E-state index is -0.190. The minimum absolute atomic E-state index is 0.0531. The van der Waals surface area contributed by atoms with E-state index in [4.69, 9.17) is 4.42 Å². The van der Waals surface area contributed by atoms with Crippen LogP contribution in [0.15, 0.2) is 53.1 Å². The molecule has 1 aliphatic carbocycles. The van der Waals surface area contributed by atoms with Gasteiger partial charge in [0.15, 0.2) is 0 Å². The highest BCUT2D eigenvalue weighted by atomic mass is 16.3. The molecule has 0 spiro atoms. The number of carbonyl (C=O) groups excluding carboxylic acids is 2. The quantitative estimate of drug-likeness (QED) is 0.891. The third-order valence-corrected chi connectivity index (χ3v) is 5.17. The van der Waals surface area contributed by atoms with Gasteiger partial charge in [-0.25, -0.2) is 0 Å². The van der Waals surface area contributed by atoms with Crippen molar-refractivity contribution in [2.75, 3.05) is 31.1 Å². The van der Waals surface area contributed by atoms with E-state index >= 15 is 0 Å². The molecular formula is C20H23N3O3. The number of amides is 2. The van der Waals surface area contributed by atoms with Crippen LogP contribution >= 0.6 is 0 Å². The van der Waals surface area contributed by atoms with Crippen LogP contribution in [0.5, 0.6) is 0 Å². The van der Waals surface area contributed by atoms with E-state index in [2.05, 4.69) is 22.3 Å². The monoisotopic (exact) mass is 353 g/mol. The summed E-state index contributed by atoms with van der Waals surface area (Å²) < 4.78 is 5.21. The number of nitrogens with one attached hydrogen (secondary N) is 1. The molecule has 136 valence electrons. The van der Waals surface area contributed by atoms with Crippen LogP contribution in [-0.4, -0.2) is 42.9 Å². The number of hydrogen-bond donors (Lipinski definition) is 1. The van der Waals surface area contributed by atoms with Crippen molar-refractivity contribution in [3.8, 4) is 0 Å². The lowest BCUT2D eigenvalue weighted by Crippen LogP contribution is -2.49. The number of para-hydroxylation sites is 1. The Morgan fingerprint density at radius 2 is 1.77 bits per heavy atom. The molecule has 2 aromatic rings. The van der Waals surface area contributed by atoms with Crippen molar-refractivity contribution < 1.29 is 14.0 Å². The van der Waals surface area contributed by atoms with E-state index in [1.165, 1.54) is 5.69 Å². The summed E-state index contributed by atoms with van der Waals surface area (Å²) in [6.45, 7) is 3.46. The van der Waals surface area contributed by atoms with E-state index in [0.29, 0.717) is 26.1 Å². The third kappa shape index (κ3) is 3.59. The molecule has 6 nitrogen and oxygen atoms in total. The molecule has 1 saturated heterocycles. The van der Waals surface area contributed by atoms with Crippen molar-refractivity contribution in [3.05, 3.63) is 54.5 Å². The Morgan fingerprint density at radius 3 is 2.46 bits per heavy atom. The van der Waals surface area contributed by atoms with Gasteiger partial charge in [0.1, 0.15) is 5.76 Å². The second-order valence-electron chi connectivity index (χ2n) is 6.89. The summed E-state index contributed by atoms with van der Waals surface area (Å²) in [7, 11) is 0. The van der Waals surface area contributed by atoms with Gasteiger partial charge in [-0.2, -0.15) is 0 Å². The summed E-state index contributed by atoms with van der Waals surface area (Å²) in [6.07, 6.45) is 2.24. The zero-order valence-electron chi connectivity index (χ0n) is 14.6. The second kappa shape index (κ2) is 7.23. The van der Waals surface area contributed by atoms with Gasteiger partial charge in [-0.1, -0.05) is 18.2 Å². The van der Waals surface area contributed by atoms with Crippen molar-refractivity contribution in [2.45, 2.75) is 13.0 Å². The van der Waals surface area contributed by atoms with E-state index in [0.717, 1.165) is 18.8 Å². The Morgan fingerprint density at radius 1 is 1.00 bits per heavy atom. The molecule has 0 radical (unpaired) electrons. The Balaban J connectivity index is 1.24. The molecule has 26 heavy (non-hydrogen) atoms. The van der Waals surface area contributed by atoms with E-state index in [9.17, 15) is 9.59 Å². The van der Waals surface area contributed by atoms with Crippen LogP contribution in [0.25, 0.3) is 0 Å². The van der Waals surface area contributed by atoms with Gasteiger partial charge in [0.2, 0.25) is 11.8 Å². The summed E-state index contributed by atoms with van der Waals surface area (Å²) in [4.78, 5) is 29.1. The maximum Gasteiger partial charge on any atom is 0.226 e. The number of nitrogens with zero attached hydrogens (tertiary/aromatic N) is 2. The first-order valence-electron chi connectivity index (χ1n) is 9.11. The van der Waals surface area contributed by atoms with Gasteiger partial charge in [0.25, 0.3) is 0 Å². The fourth-order valence-electron chi connectivity index (χ4n) is 3.53. The molecule has 1 aromatic carbocycles. The fourth-order valence-corrected chi connectivity index (χ4v) is 3.53. The van der Waals surface area contributed by atoms with Gasteiger partial charge in [-0.05, 0) is 30.7 Å². The maximum absolute atomic E-state index is 12.7. The van der Waals surface area contributed by atoms with Crippen molar-refractivity contribution >= 4 is 17.5 Å². The summed E-state index contributed by atoms with van der Waals surface area (Å²) in [6, 6.07) is 13.9. The molecule has 1 N–H and O–H groups in total. The molecule has 0 bridgehead atoms. The summed E-state index contributed by atoms with van der Waals surface area (Å²) in [5, 5.41) is 2.85. The Hall–Kier alpha value is -2.76. The van der Waals surface area contributed by atoms with Crippen LogP contribution in [-0.2, 0) is 16.1 Å². The van der Waals surface area contributed by atoms with Gasteiger partial charge in [-0.3, -0.25) is 9.59 Å². The minimum Gasteiger partial charge on any atom is -0.467 e. The number of anilines is 1. The van der Waals surface area contributed by atoms with Crippen LogP contribution in [0.3, 0.4) is 0 Å². The van der Waals surface area contributed by atoms with Crippen molar-refractivity contribution in [1.29, 1.82) is 0 Å². The van der Waals surface area contributed by atoms with Gasteiger partial charge >= 0.3 is 0 Å². The van der Waals surface area contributed by atoms with E-state index in [-0.39, 0.29) is 23.7 Å². The van der Waals surface area contributed by atoms with Gasteiger partial charge < -0.3 is 19.5 Å². The Labute approximate surface area is 152 Å². The third-order valence-electron chi connectivity index (χ3n) is 5.17. The molecule has 2 atom stereocenters. The zero-order chi connectivity index (χ0) is 17.9. The molecule has 2 aliphatic rings. The number of piperazine rings is 1. The van der Waals surface area contributed by atoms with Gasteiger partial charge in [0, 0.05) is 31.9 Å². The summed E-state index contributed by atoms with van der Waals surface area (Å²) in [5.41, 5.74) is 1.20. The van der Waals surface area contributed by atoms with Crippen LogP contribution in [0.1, 0.15) is 12.2 Å². The number of benzene rings is 1. The van der Waals surface area contributed by atoms with Crippen molar-refractivity contribution in [3.63, 3.8) is 0 Å². The SMILES string of the molecule is O=C(NCc1ccco1)C1CC1C(=O)N1CCN(c2ccccc2)CC1. The first-order chi connectivity index (χ1) is 12.7. The molecule has 2 heterocycles. The Kier molecular flexibility index (Phi) is 4.65. The molecule has 1 aliphatic heterocycles. The number of rotatable bonds is 5. The normalized spacial score (nSPS) is 22.2. The molecule has 4 rings (SSSR count). The summed E-state index contributed by atoms with van der Waals surface area (Å²) >= 11 is 0. The molecule has 2 fully saturated rings.